The van der Waals surface area contributed by atoms with Gasteiger partial charge in [0.1, 0.15) is 0 Å². The number of anilines is 1. The Balaban J connectivity index is 1.49. The van der Waals surface area contributed by atoms with E-state index in [-0.39, 0.29) is 17.9 Å². The minimum atomic E-state index is -0.270. The zero-order valence-corrected chi connectivity index (χ0v) is 20.8. The lowest BCUT2D eigenvalue weighted by Gasteiger charge is -2.35. The Bertz CT molecular complexity index is 931. The number of carbonyl (C=O) groups is 2. The molecule has 1 saturated heterocycles. The number of amides is 3. The molecule has 0 unspecified atom stereocenters. The smallest absolute Gasteiger partial charge is 0.321 e. The summed E-state index contributed by atoms with van der Waals surface area (Å²) in [7, 11) is 0. The molecule has 6 nitrogen and oxygen atoms in total. The van der Waals surface area contributed by atoms with Gasteiger partial charge in [0, 0.05) is 57.3 Å². The number of halogens is 2. The molecule has 2 aromatic carbocycles. The second-order valence-electron chi connectivity index (χ2n) is 8.79. The van der Waals surface area contributed by atoms with Crippen molar-refractivity contribution in [3.63, 3.8) is 0 Å². The van der Waals surface area contributed by atoms with Crippen LogP contribution < -0.4 is 5.32 Å². The lowest BCUT2D eigenvalue weighted by molar-refractivity contribution is -0.133. The first-order valence-electron chi connectivity index (χ1n) is 11.4. The van der Waals surface area contributed by atoms with Gasteiger partial charge in [-0.05, 0) is 29.7 Å². The lowest BCUT2D eigenvalue weighted by atomic mass is 10.2. The zero-order valence-electron chi connectivity index (χ0n) is 19.3. The molecule has 0 aromatic heterocycles. The van der Waals surface area contributed by atoms with Crippen LogP contribution in [0.2, 0.25) is 10.0 Å². The standard InChI is InChI=1S/C25H32Cl2N4O2/c1-19(2)17-31(25(33)28-23-9-8-21(26)16-22(23)27)11-10-24(32)30-14-12-29(13-15-30)18-20-6-4-3-5-7-20/h3-9,16,19H,10-15,17-18H2,1-2H3,(H,28,33). The third-order valence-electron chi connectivity index (χ3n) is 5.62. The minimum absolute atomic E-state index is 0.0837. The first-order chi connectivity index (χ1) is 15.8. The van der Waals surface area contributed by atoms with Crippen LogP contribution in [-0.2, 0) is 11.3 Å². The maximum Gasteiger partial charge on any atom is 0.321 e. The fourth-order valence-corrected chi connectivity index (χ4v) is 4.34. The van der Waals surface area contributed by atoms with Gasteiger partial charge in [0.15, 0.2) is 0 Å². The largest absolute Gasteiger partial charge is 0.340 e. The first kappa shape index (κ1) is 25.3. The molecule has 1 fully saturated rings. The molecule has 8 heteroatoms. The molecule has 0 aliphatic carbocycles. The molecule has 1 heterocycles. The third-order valence-corrected chi connectivity index (χ3v) is 6.16. The van der Waals surface area contributed by atoms with Gasteiger partial charge in [-0.1, -0.05) is 67.4 Å². The molecular formula is C25H32Cl2N4O2. The van der Waals surface area contributed by atoms with Gasteiger partial charge in [0.25, 0.3) is 0 Å². The molecule has 3 rings (SSSR count). The second-order valence-corrected chi connectivity index (χ2v) is 9.63. The Morgan fingerprint density at radius 1 is 1.03 bits per heavy atom. The Labute approximate surface area is 206 Å². The van der Waals surface area contributed by atoms with Crippen molar-refractivity contribution < 1.29 is 9.59 Å². The maximum atomic E-state index is 12.9. The Morgan fingerprint density at radius 3 is 2.36 bits per heavy atom. The van der Waals surface area contributed by atoms with Crippen molar-refractivity contribution in [2.24, 2.45) is 5.92 Å². The number of nitrogens with zero attached hydrogens (tertiary/aromatic N) is 3. The summed E-state index contributed by atoms with van der Waals surface area (Å²) in [6, 6.07) is 15.1. The number of urea groups is 1. The average molecular weight is 491 g/mol. The number of rotatable bonds is 8. The molecule has 1 N–H and O–H groups in total. The summed E-state index contributed by atoms with van der Waals surface area (Å²) in [6.07, 6.45) is 0.299. The van der Waals surface area contributed by atoms with Crippen molar-refractivity contribution >= 4 is 40.8 Å². The highest BCUT2D eigenvalue weighted by atomic mass is 35.5. The van der Waals surface area contributed by atoms with E-state index in [1.807, 2.05) is 24.8 Å². The summed E-state index contributed by atoms with van der Waals surface area (Å²) < 4.78 is 0. The molecule has 33 heavy (non-hydrogen) atoms. The van der Waals surface area contributed by atoms with Crippen LogP contribution in [0.1, 0.15) is 25.8 Å². The first-order valence-corrected chi connectivity index (χ1v) is 12.1. The zero-order chi connectivity index (χ0) is 23.8. The number of piperazine rings is 1. The van der Waals surface area contributed by atoms with Crippen molar-refractivity contribution in [3.8, 4) is 0 Å². The highest BCUT2D eigenvalue weighted by molar-refractivity contribution is 6.36. The lowest BCUT2D eigenvalue weighted by Crippen LogP contribution is -2.49. The minimum Gasteiger partial charge on any atom is -0.340 e. The number of nitrogens with one attached hydrogen (secondary N) is 1. The van der Waals surface area contributed by atoms with Crippen molar-refractivity contribution in [1.82, 2.24) is 14.7 Å². The summed E-state index contributed by atoms with van der Waals surface area (Å²) in [5, 5.41) is 3.73. The fraction of sp³-hybridized carbons (Fsp3) is 0.440. The van der Waals surface area contributed by atoms with Gasteiger partial charge in [0.2, 0.25) is 5.91 Å². The molecule has 178 valence electrons. The van der Waals surface area contributed by atoms with Gasteiger partial charge in [0.05, 0.1) is 10.7 Å². The molecule has 0 radical (unpaired) electrons. The molecule has 2 aromatic rings. The highest BCUT2D eigenvalue weighted by Crippen LogP contribution is 2.25. The SMILES string of the molecule is CC(C)CN(CCC(=O)N1CCN(Cc2ccccc2)CC1)C(=O)Nc1ccc(Cl)cc1Cl. The quantitative estimate of drug-likeness (QED) is 0.551. The maximum absolute atomic E-state index is 12.9. The fourth-order valence-electron chi connectivity index (χ4n) is 3.89. The van der Waals surface area contributed by atoms with E-state index in [9.17, 15) is 9.59 Å². The van der Waals surface area contributed by atoms with E-state index in [2.05, 4.69) is 34.5 Å². The van der Waals surface area contributed by atoms with E-state index >= 15 is 0 Å². The number of hydrogen-bond acceptors (Lipinski definition) is 3. The number of carbonyl (C=O) groups excluding carboxylic acids is 2. The second kappa shape index (κ2) is 12.3. The van der Waals surface area contributed by atoms with Crippen LogP contribution in [0.5, 0.6) is 0 Å². The summed E-state index contributed by atoms with van der Waals surface area (Å²) in [4.78, 5) is 31.7. The molecule has 0 bridgehead atoms. The Hall–Kier alpha value is -2.28. The van der Waals surface area contributed by atoms with E-state index in [1.165, 1.54) is 5.56 Å². The van der Waals surface area contributed by atoms with Gasteiger partial charge in [-0.3, -0.25) is 9.69 Å². The summed E-state index contributed by atoms with van der Waals surface area (Å²) >= 11 is 12.1. The summed E-state index contributed by atoms with van der Waals surface area (Å²) in [5.74, 6) is 0.355. The van der Waals surface area contributed by atoms with Gasteiger partial charge < -0.3 is 15.1 Å². The van der Waals surface area contributed by atoms with Gasteiger partial charge in [-0.25, -0.2) is 4.79 Å². The Morgan fingerprint density at radius 2 is 1.73 bits per heavy atom. The Kier molecular flexibility index (Phi) is 9.41. The van der Waals surface area contributed by atoms with Crippen LogP contribution in [0, 0.1) is 5.92 Å². The third kappa shape index (κ3) is 7.91. The molecule has 0 spiro atoms. The van der Waals surface area contributed by atoms with Crippen LogP contribution in [0.3, 0.4) is 0 Å². The van der Waals surface area contributed by atoms with Crippen molar-refractivity contribution in [1.29, 1.82) is 0 Å². The van der Waals surface area contributed by atoms with Crippen molar-refractivity contribution in [2.75, 3.05) is 44.6 Å². The van der Waals surface area contributed by atoms with Gasteiger partial charge in [-0.15, -0.1) is 0 Å². The molecular weight excluding hydrogens is 459 g/mol. The van der Waals surface area contributed by atoms with E-state index in [4.69, 9.17) is 23.2 Å². The summed E-state index contributed by atoms with van der Waals surface area (Å²) in [6.45, 7) is 9.03. The topological polar surface area (TPSA) is 55.9 Å². The van der Waals surface area contributed by atoms with E-state index in [0.717, 1.165) is 19.6 Å². The molecule has 1 aliphatic heterocycles. The van der Waals surface area contributed by atoms with Gasteiger partial charge in [-0.2, -0.15) is 0 Å². The molecule has 3 amide bonds. The average Bonchev–Trinajstić information content (AvgIpc) is 2.79. The number of benzene rings is 2. The highest BCUT2D eigenvalue weighted by Gasteiger charge is 2.23. The van der Waals surface area contributed by atoms with Crippen LogP contribution >= 0.6 is 23.2 Å². The normalized spacial score (nSPS) is 14.4. The van der Waals surface area contributed by atoms with Crippen LogP contribution in [0.4, 0.5) is 10.5 Å². The molecule has 0 saturated carbocycles. The van der Waals surface area contributed by atoms with Crippen LogP contribution in [-0.4, -0.2) is 65.9 Å². The monoisotopic (exact) mass is 490 g/mol. The van der Waals surface area contributed by atoms with Crippen molar-refractivity contribution in [2.45, 2.75) is 26.8 Å². The molecule has 0 atom stereocenters. The predicted octanol–water partition coefficient (Wildman–Crippen LogP) is 5.22. The molecule has 1 aliphatic rings. The van der Waals surface area contributed by atoms with Crippen molar-refractivity contribution in [3.05, 3.63) is 64.1 Å². The van der Waals surface area contributed by atoms with E-state index < -0.39 is 0 Å². The van der Waals surface area contributed by atoms with E-state index in [0.29, 0.717) is 48.3 Å². The van der Waals surface area contributed by atoms with E-state index in [1.54, 1.807) is 23.1 Å². The number of hydrogen-bond donors (Lipinski definition) is 1. The predicted molar refractivity (Wildman–Crippen MR) is 135 cm³/mol. The summed E-state index contributed by atoms with van der Waals surface area (Å²) in [5.41, 5.74) is 1.79. The van der Waals surface area contributed by atoms with Crippen LogP contribution in [0.25, 0.3) is 0 Å². The van der Waals surface area contributed by atoms with Crippen LogP contribution in [0.15, 0.2) is 48.5 Å². The van der Waals surface area contributed by atoms with Gasteiger partial charge >= 0.3 is 6.03 Å².